The van der Waals surface area contributed by atoms with Crippen LogP contribution >= 0.6 is 11.8 Å². The SMILES string of the molecule is CNCC1CCN(C(=O)CSC(C)c2nc3ccccc3[nH]2)C1. The van der Waals surface area contributed by atoms with E-state index >= 15 is 0 Å². The van der Waals surface area contributed by atoms with E-state index in [1.54, 1.807) is 11.8 Å². The lowest BCUT2D eigenvalue weighted by atomic mass is 10.1. The van der Waals surface area contributed by atoms with Crippen LogP contribution in [0.4, 0.5) is 0 Å². The average Bonchev–Trinajstić information content (AvgIpc) is 3.19. The Bertz CT molecular complexity index is 638. The molecule has 0 saturated carbocycles. The lowest BCUT2D eigenvalue weighted by Crippen LogP contribution is -2.31. The molecule has 0 aliphatic carbocycles. The lowest BCUT2D eigenvalue weighted by molar-refractivity contribution is -0.127. The van der Waals surface area contributed by atoms with E-state index in [9.17, 15) is 4.79 Å². The van der Waals surface area contributed by atoms with Gasteiger partial charge in [0.2, 0.25) is 5.91 Å². The number of imidazole rings is 1. The minimum atomic E-state index is 0.182. The van der Waals surface area contributed by atoms with Crippen LogP contribution in [0.5, 0.6) is 0 Å². The minimum absolute atomic E-state index is 0.182. The highest BCUT2D eigenvalue weighted by atomic mass is 32.2. The van der Waals surface area contributed by atoms with Gasteiger partial charge in [-0.15, -0.1) is 11.8 Å². The molecule has 1 aliphatic rings. The molecule has 6 heteroatoms. The standard InChI is InChI=1S/C17H24N4OS/c1-12(17-19-14-5-3-4-6-15(14)20-17)23-11-16(22)21-8-7-13(10-21)9-18-2/h3-6,12-13,18H,7-11H2,1-2H3,(H,19,20). The van der Waals surface area contributed by atoms with Crippen molar-refractivity contribution in [1.29, 1.82) is 0 Å². The van der Waals surface area contributed by atoms with Gasteiger partial charge in [0.05, 0.1) is 22.0 Å². The first-order chi connectivity index (χ1) is 11.2. The fraction of sp³-hybridized carbons (Fsp3) is 0.529. The second kappa shape index (κ2) is 7.36. The zero-order valence-electron chi connectivity index (χ0n) is 13.7. The van der Waals surface area contributed by atoms with Crippen molar-refractivity contribution in [2.75, 3.05) is 32.4 Å². The summed E-state index contributed by atoms with van der Waals surface area (Å²) in [6, 6.07) is 8.02. The van der Waals surface area contributed by atoms with Gasteiger partial charge in [0.25, 0.3) is 0 Å². The Kier molecular flexibility index (Phi) is 5.23. The number of H-pyrrole nitrogens is 1. The first-order valence-corrected chi connectivity index (χ1v) is 9.21. The quantitative estimate of drug-likeness (QED) is 0.853. The third kappa shape index (κ3) is 3.87. The molecule has 1 saturated heterocycles. The molecule has 1 aromatic heterocycles. The fourth-order valence-electron chi connectivity index (χ4n) is 3.05. The molecule has 0 radical (unpaired) electrons. The number of amides is 1. The second-order valence-electron chi connectivity index (χ2n) is 6.14. The van der Waals surface area contributed by atoms with Crippen molar-refractivity contribution in [3.8, 4) is 0 Å². The molecule has 1 fully saturated rings. The Labute approximate surface area is 141 Å². The molecule has 2 heterocycles. The lowest BCUT2D eigenvalue weighted by Gasteiger charge is -2.17. The number of hydrogen-bond acceptors (Lipinski definition) is 4. The molecule has 3 rings (SSSR count). The second-order valence-corrected chi connectivity index (χ2v) is 7.47. The van der Waals surface area contributed by atoms with Crippen LogP contribution < -0.4 is 5.32 Å². The zero-order chi connectivity index (χ0) is 16.2. The number of rotatable bonds is 6. The molecule has 23 heavy (non-hydrogen) atoms. The van der Waals surface area contributed by atoms with Gasteiger partial charge in [-0.2, -0.15) is 0 Å². The van der Waals surface area contributed by atoms with Crippen molar-refractivity contribution >= 4 is 28.7 Å². The Morgan fingerprint density at radius 1 is 1.52 bits per heavy atom. The topological polar surface area (TPSA) is 61.0 Å². The summed E-state index contributed by atoms with van der Waals surface area (Å²) >= 11 is 1.65. The number of carbonyl (C=O) groups is 1. The summed E-state index contributed by atoms with van der Waals surface area (Å²) in [4.78, 5) is 22.3. The highest BCUT2D eigenvalue weighted by Gasteiger charge is 2.26. The van der Waals surface area contributed by atoms with E-state index in [1.807, 2.05) is 36.2 Å². The van der Waals surface area contributed by atoms with Gasteiger partial charge in [-0.3, -0.25) is 4.79 Å². The number of likely N-dealkylation sites (tertiary alicyclic amines) is 1. The maximum Gasteiger partial charge on any atom is 0.232 e. The van der Waals surface area contributed by atoms with Crippen molar-refractivity contribution in [2.24, 2.45) is 5.92 Å². The van der Waals surface area contributed by atoms with E-state index in [0.717, 1.165) is 42.9 Å². The van der Waals surface area contributed by atoms with Crippen molar-refractivity contribution in [1.82, 2.24) is 20.2 Å². The van der Waals surface area contributed by atoms with Gasteiger partial charge in [0.1, 0.15) is 5.82 Å². The molecular weight excluding hydrogens is 308 g/mol. The Morgan fingerprint density at radius 3 is 3.13 bits per heavy atom. The zero-order valence-corrected chi connectivity index (χ0v) is 14.5. The number of nitrogens with one attached hydrogen (secondary N) is 2. The number of hydrogen-bond donors (Lipinski definition) is 2. The molecule has 1 amide bonds. The van der Waals surface area contributed by atoms with Crippen LogP contribution in [0.15, 0.2) is 24.3 Å². The van der Waals surface area contributed by atoms with Gasteiger partial charge in [-0.05, 0) is 45.0 Å². The van der Waals surface area contributed by atoms with Gasteiger partial charge in [0.15, 0.2) is 0 Å². The third-order valence-electron chi connectivity index (χ3n) is 4.38. The maximum atomic E-state index is 12.4. The van der Waals surface area contributed by atoms with Crippen LogP contribution in [0.3, 0.4) is 0 Å². The predicted molar refractivity (Wildman–Crippen MR) is 95.6 cm³/mol. The van der Waals surface area contributed by atoms with Crippen molar-refractivity contribution in [2.45, 2.75) is 18.6 Å². The van der Waals surface area contributed by atoms with E-state index in [4.69, 9.17) is 0 Å². The highest BCUT2D eigenvalue weighted by molar-refractivity contribution is 8.00. The summed E-state index contributed by atoms with van der Waals surface area (Å²) in [6.07, 6.45) is 1.11. The first-order valence-electron chi connectivity index (χ1n) is 8.16. The molecule has 2 unspecified atom stereocenters. The van der Waals surface area contributed by atoms with E-state index in [-0.39, 0.29) is 11.2 Å². The maximum absolute atomic E-state index is 12.4. The summed E-state index contributed by atoms with van der Waals surface area (Å²) in [7, 11) is 1.97. The third-order valence-corrected chi connectivity index (χ3v) is 5.52. The fourth-order valence-corrected chi connectivity index (χ4v) is 3.89. The van der Waals surface area contributed by atoms with Gasteiger partial charge in [-0.1, -0.05) is 12.1 Å². The van der Waals surface area contributed by atoms with Crippen LogP contribution in [-0.4, -0.2) is 53.2 Å². The van der Waals surface area contributed by atoms with E-state index in [0.29, 0.717) is 11.7 Å². The molecule has 2 atom stereocenters. The first kappa shape index (κ1) is 16.3. The largest absolute Gasteiger partial charge is 0.342 e. The van der Waals surface area contributed by atoms with Gasteiger partial charge >= 0.3 is 0 Å². The van der Waals surface area contributed by atoms with Crippen molar-refractivity contribution in [3.63, 3.8) is 0 Å². The van der Waals surface area contributed by atoms with Crippen LogP contribution in [0.25, 0.3) is 11.0 Å². The Balaban J connectivity index is 1.52. The number of benzene rings is 1. The number of thioether (sulfide) groups is 1. The minimum Gasteiger partial charge on any atom is -0.342 e. The highest BCUT2D eigenvalue weighted by Crippen LogP contribution is 2.28. The molecular formula is C17H24N4OS. The Hall–Kier alpha value is -1.53. The van der Waals surface area contributed by atoms with Crippen LogP contribution in [-0.2, 0) is 4.79 Å². The molecule has 0 spiro atoms. The summed E-state index contributed by atoms with van der Waals surface area (Å²) in [6.45, 7) is 4.87. The molecule has 2 N–H and O–H groups in total. The molecule has 5 nitrogen and oxygen atoms in total. The summed E-state index contributed by atoms with van der Waals surface area (Å²) in [5, 5.41) is 3.38. The number of aromatic nitrogens is 2. The summed E-state index contributed by atoms with van der Waals surface area (Å²) in [5.41, 5.74) is 2.03. The number of aromatic amines is 1. The monoisotopic (exact) mass is 332 g/mol. The summed E-state index contributed by atoms with van der Waals surface area (Å²) < 4.78 is 0. The normalized spacial score (nSPS) is 19.4. The number of para-hydroxylation sites is 2. The molecule has 0 bridgehead atoms. The van der Waals surface area contributed by atoms with Gasteiger partial charge in [0, 0.05) is 13.1 Å². The number of fused-ring (bicyclic) bond motifs is 1. The van der Waals surface area contributed by atoms with Crippen LogP contribution in [0.1, 0.15) is 24.4 Å². The van der Waals surface area contributed by atoms with Crippen molar-refractivity contribution in [3.05, 3.63) is 30.1 Å². The number of nitrogens with zero attached hydrogens (tertiary/aromatic N) is 2. The molecule has 124 valence electrons. The van der Waals surface area contributed by atoms with E-state index in [1.165, 1.54) is 0 Å². The number of carbonyl (C=O) groups excluding carboxylic acids is 1. The molecule has 2 aromatic rings. The summed E-state index contributed by atoms with van der Waals surface area (Å²) in [5.74, 6) is 2.31. The van der Waals surface area contributed by atoms with Gasteiger partial charge < -0.3 is 15.2 Å². The van der Waals surface area contributed by atoms with Crippen LogP contribution in [0, 0.1) is 5.92 Å². The molecule has 1 aromatic carbocycles. The predicted octanol–water partition coefficient (Wildman–Crippen LogP) is 2.43. The van der Waals surface area contributed by atoms with Crippen LogP contribution in [0.2, 0.25) is 0 Å². The van der Waals surface area contributed by atoms with Crippen molar-refractivity contribution < 1.29 is 4.79 Å². The Morgan fingerprint density at radius 2 is 2.35 bits per heavy atom. The average molecular weight is 332 g/mol. The van der Waals surface area contributed by atoms with E-state index < -0.39 is 0 Å². The molecule has 1 aliphatic heterocycles. The van der Waals surface area contributed by atoms with Gasteiger partial charge in [-0.25, -0.2) is 4.98 Å². The smallest absolute Gasteiger partial charge is 0.232 e. The van der Waals surface area contributed by atoms with E-state index in [2.05, 4.69) is 22.2 Å².